The third-order valence-electron chi connectivity index (χ3n) is 3.41. The molecular formula is C13H26N2O2. The summed E-state index contributed by atoms with van der Waals surface area (Å²) < 4.78 is 5.27. The van der Waals surface area contributed by atoms with Crippen LogP contribution in [0.15, 0.2) is 0 Å². The van der Waals surface area contributed by atoms with Crippen LogP contribution in [0.25, 0.3) is 0 Å². The van der Waals surface area contributed by atoms with Gasteiger partial charge in [0, 0.05) is 25.2 Å². The van der Waals surface area contributed by atoms with Crippen molar-refractivity contribution in [2.75, 3.05) is 19.8 Å². The minimum Gasteiger partial charge on any atom is -0.381 e. The molecule has 1 rings (SSSR count). The second-order valence-corrected chi connectivity index (χ2v) is 5.89. The van der Waals surface area contributed by atoms with Gasteiger partial charge in [-0.15, -0.1) is 0 Å². The van der Waals surface area contributed by atoms with Crippen molar-refractivity contribution in [3.63, 3.8) is 0 Å². The number of carbonyl (C=O) groups is 1. The zero-order chi connectivity index (χ0) is 12.9. The summed E-state index contributed by atoms with van der Waals surface area (Å²) in [5.74, 6) is 0.285. The smallest absolute Gasteiger partial charge is 0.223 e. The maximum atomic E-state index is 12.1. The van der Waals surface area contributed by atoms with E-state index < -0.39 is 0 Å². The molecule has 0 aromatic heterocycles. The first-order valence-corrected chi connectivity index (χ1v) is 6.53. The van der Waals surface area contributed by atoms with E-state index in [1.54, 1.807) is 0 Å². The fourth-order valence-electron chi connectivity index (χ4n) is 2.14. The van der Waals surface area contributed by atoms with Crippen LogP contribution >= 0.6 is 0 Å². The van der Waals surface area contributed by atoms with Gasteiger partial charge in [-0.2, -0.15) is 0 Å². The third kappa shape index (κ3) is 4.64. The number of hydrogen-bond acceptors (Lipinski definition) is 3. The van der Waals surface area contributed by atoms with Gasteiger partial charge in [0.25, 0.3) is 0 Å². The third-order valence-corrected chi connectivity index (χ3v) is 3.41. The van der Waals surface area contributed by atoms with Gasteiger partial charge < -0.3 is 15.8 Å². The van der Waals surface area contributed by atoms with Crippen LogP contribution < -0.4 is 11.1 Å². The van der Waals surface area contributed by atoms with Crippen LogP contribution in [-0.4, -0.2) is 31.7 Å². The molecule has 0 bridgehead atoms. The molecule has 4 nitrogen and oxygen atoms in total. The Morgan fingerprint density at radius 3 is 2.47 bits per heavy atom. The molecule has 4 heteroatoms. The molecule has 0 radical (unpaired) electrons. The Morgan fingerprint density at radius 2 is 2.00 bits per heavy atom. The maximum Gasteiger partial charge on any atom is 0.223 e. The lowest BCUT2D eigenvalue weighted by Crippen LogP contribution is -2.47. The highest BCUT2D eigenvalue weighted by Gasteiger charge is 2.29. The van der Waals surface area contributed by atoms with Gasteiger partial charge in [-0.1, -0.05) is 20.8 Å². The van der Waals surface area contributed by atoms with Crippen LogP contribution in [-0.2, 0) is 9.53 Å². The van der Waals surface area contributed by atoms with Crippen LogP contribution in [0, 0.1) is 11.3 Å². The second kappa shape index (κ2) is 6.36. The van der Waals surface area contributed by atoms with Crippen LogP contribution in [0.4, 0.5) is 0 Å². The molecule has 0 aliphatic carbocycles. The topological polar surface area (TPSA) is 64.3 Å². The Kier molecular flexibility index (Phi) is 5.40. The zero-order valence-corrected chi connectivity index (χ0v) is 11.3. The summed E-state index contributed by atoms with van der Waals surface area (Å²) in [4.78, 5) is 12.1. The van der Waals surface area contributed by atoms with Crippen molar-refractivity contribution in [3.05, 3.63) is 0 Å². The molecule has 1 aliphatic rings. The normalized spacial score (nSPS) is 20.0. The number of hydrogen-bond donors (Lipinski definition) is 2. The Balaban J connectivity index is 2.51. The summed E-state index contributed by atoms with van der Waals surface area (Å²) in [5.41, 5.74) is 5.66. The Labute approximate surface area is 104 Å². The van der Waals surface area contributed by atoms with Crippen molar-refractivity contribution >= 4 is 5.91 Å². The van der Waals surface area contributed by atoms with E-state index >= 15 is 0 Å². The average molecular weight is 242 g/mol. The molecule has 0 aromatic carbocycles. The van der Waals surface area contributed by atoms with Crippen molar-refractivity contribution in [1.82, 2.24) is 5.32 Å². The number of amides is 1. The number of nitrogens with one attached hydrogen (secondary N) is 1. The molecule has 1 saturated heterocycles. The molecule has 1 atom stereocenters. The van der Waals surface area contributed by atoms with E-state index in [4.69, 9.17) is 10.5 Å². The summed E-state index contributed by atoms with van der Waals surface area (Å²) in [7, 11) is 0. The Bertz CT molecular complexity index is 242. The largest absolute Gasteiger partial charge is 0.381 e. The lowest BCUT2D eigenvalue weighted by Gasteiger charge is -2.33. The molecule has 100 valence electrons. The molecule has 0 aromatic rings. The van der Waals surface area contributed by atoms with Crippen molar-refractivity contribution in [3.8, 4) is 0 Å². The Hall–Kier alpha value is -0.610. The van der Waals surface area contributed by atoms with Gasteiger partial charge in [0.2, 0.25) is 5.91 Å². The molecule has 1 unspecified atom stereocenters. The molecule has 0 spiro atoms. The van der Waals surface area contributed by atoms with E-state index in [-0.39, 0.29) is 23.3 Å². The fourth-order valence-corrected chi connectivity index (χ4v) is 2.14. The highest BCUT2D eigenvalue weighted by atomic mass is 16.5. The summed E-state index contributed by atoms with van der Waals surface area (Å²) in [6.07, 6.45) is 2.51. The summed E-state index contributed by atoms with van der Waals surface area (Å²) in [6.45, 7) is 8.42. The van der Waals surface area contributed by atoms with Gasteiger partial charge in [-0.25, -0.2) is 0 Å². The van der Waals surface area contributed by atoms with Gasteiger partial charge in [0.05, 0.1) is 0 Å². The average Bonchev–Trinajstić information content (AvgIpc) is 2.28. The van der Waals surface area contributed by atoms with E-state index in [1.807, 2.05) is 0 Å². The van der Waals surface area contributed by atoms with Crippen molar-refractivity contribution in [1.29, 1.82) is 0 Å². The molecule has 1 heterocycles. The second-order valence-electron chi connectivity index (χ2n) is 5.89. The van der Waals surface area contributed by atoms with Gasteiger partial charge >= 0.3 is 0 Å². The van der Waals surface area contributed by atoms with E-state index in [0.717, 1.165) is 19.3 Å². The lowest BCUT2D eigenvalue weighted by atomic mass is 9.84. The Morgan fingerprint density at radius 1 is 1.41 bits per heavy atom. The highest BCUT2D eigenvalue weighted by Crippen LogP contribution is 2.23. The number of ether oxygens (including phenoxy) is 1. The standard InChI is InChI=1S/C13H26N2O2/c1-13(2,3)11(4-7-14)15-12(16)10-5-8-17-9-6-10/h10-11H,4-9,14H2,1-3H3,(H,15,16). The van der Waals surface area contributed by atoms with E-state index in [2.05, 4.69) is 26.1 Å². The minimum atomic E-state index is 0.0558. The summed E-state index contributed by atoms with van der Waals surface area (Å²) >= 11 is 0. The van der Waals surface area contributed by atoms with Crippen LogP contribution in [0.5, 0.6) is 0 Å². The predicted molar refractivity (Wildman–Crippen MR) is 68.6 cm³/mol. The monoisotopic (exact) mass is 242 g/mol. The lowest BCUT2D eigenvalue weighted by molar-refractivity contribution is -0.129. The van der Waals surface area contributed by atoms with Crippen molar-refractivity contribution in [2.45, 2.75) is 46.1 Å². The summed E-state index contributed by atoms with van der Waals surface area (Å²) in [6, 6.07) is 0.155. The molecule has 1 fully saturated rings. The molecule has 17 heavy (non-hydrogen) atoms. The first-order valence-electron chi connectivity index (χ1n) is 6.53. The van der Waals surface area contributed by atoms with E-state index in [1.165, 1.54) is 0 Å². The SMILES string of the molecule is CC(C)(C)C(CCN)NC(=O)C1CCOCC1. The van der Waals surface area contributed by atoms with Gasteiger partial charge in [0.15, 0.2) is 0 Å². The van der Waals surface area contributed by atoms with Crippen molar-refractivity contribution < 1.29 is 9.53 Å². The van der Waals surface area contributed by atoms with E-state index in [0.29, 0.717) is 19.8 Å². The molecule has 1 amide bonds. The molecule has 1 aliphatic heterocycles. The van der Waals surface area contributed by atoms with Crippen molar-refractivity contribution in [2.24, 2.45) is 17.1 Å². The van der Waals surface area contributed by atoms with Gasteiger partial charge in [0.1, 0.15) is 0 Å². The fraction of sp³-hybridized carbons (Fsp3) is 0.923. The predicted octanol–water partition coefficient (Wildman–Crippen LogP) is 1.29. The van der Waals surface area contributed by atoms with Gasteiger partial charge in [-0.3, -0.25) is 4.79 Å². The van der Waals surface area contributed by atoms with Crippen LogP contribution in [0.1, 0.15) is 40.0 Å². The first-order chi connectivity index (χ1) is 7.95. The molecule has 0 saturated carbocycles. The van der Waals surface area contributed by atoms with E-state index in [9.17, 15) is 4.79 Å². The van der Waals surface area contributed by atoms with Gasteiger partial charge in [-0.05, 0) is 31.2 Å². The number of carbonyl (C=O) groups excluding carboxylic acids is 1. The number of rotatable bonds is 4. The molecular weight excluding hydrogens is 216 g/mol. The molecule has 3 N–H and O–H groups in total. The minimum absolute atomic E-state index is 0.0558. The summed E-state index contributed by atoms with van der Waals surface area (Å²) in [5, 5.41) is 3.15. The first kappa shape index (κ1) is 14.5. The van der Waals surface area contributed by atoms with Crippen LogP contribution in [0.3, 0.4) is 0 Å². The maximum absolute atomic E-state index is 12.1. The highest BCUT2D eigenvalue weighted by molar-refractivity contribution is 5.79. The van der Waals surface area contributed by atoms with Crippen LogP contribution in [0.2, 0.25) is 0 Å². The number of nitrogens with two attached hydrogens (primary N) is 1. The quantitative estimate of drug-likeness (QED) is 0.781. The zero-order valence-electron chi connectivity index (χ0n) is 11.3.